The van der Waals surface area contributed by atoms with Gasteiger partial charge in [-0.15, -0.1) is 0 Å². The number of carbonyl (C=O) groups excluding carboxylic acids is 1. The summed E-state index contributed by atoms with van der Waals surface area (Å²) in [6, 6.07) is 3.59. The zero-order chi connectivity index (χ0) is 24.0. The van der Waals surface area contributed by atoms with Crippen LogP contribution in [-0.2, 0) is 14.2 Å². The number of imidazole rings is 1. The number of alkyl halides is 1. The second-order valence-corrected chi connectivity index (χ2v) is 9.35. The van der Waals surface area contributed by atoms with Crippen LogP contribution in [0.5, 0.6) is 0 Å². The molecule has 1 saturated carbocycles. The summed E-state index contributed by atoms with van der Waals surface area (Å²) in [6.07, 6.45) is 1.23. The molecule has 0 aromatic carbocycles. The van der Waals surface area contributed by atoms with E-state index in [4.69, 9.17) is 19.2 Å². The molecule has 3 fully saturated rings. The van der Waals surface area contributed by atoms with E-state index in [1.807, 2.05) is 17.4 Å². The van der Waals surface area contributed by atoms with E-state index in [9.17, 15) is 4.79 Å². The number of nitrogens with one attached hydrogen (secondary N) is 3. The number of amides is 1. The zero-order valence-electron chi connectivity index (χ0n) is 19.2. The van der Waals surface area contributed by atoms with Gasteiger partial charge >= 0.3 is 6.09 Å². The summed E-state index contributed by atoms with van der Waals surface area (Å²) in [7, 11) is 0. The molecule has 12 nitrogen and oxygen atoms in total. The number of rotatable bonds is 6. The van der Waals surface area contributed by atoms with E-state index in [0.29, 0.717) is 30.7 Å². The lowest BCUT2D eigenvalue weighted by atomic mass is 10.1. The lowest BCUT2D eigenvalue weighted by Gasteiger charge is -2.28. The molecule has 3 aromatic heterocycles. The number of nitrogens with zero attached hydrogens (tertiary/aromatic N) is 5. The van der Waals surface area contributed by atoms with Gasteiger partial charge in [0.25, 0.3) is 0 Å². The molecule has 3 atom stereocenters. The Labute approximate surface area is 200 Å². The molecule has 186 valence electrons. The highest BCUT2D eigenvalue weighted by atomic mass is 19.1. The first-order chi connectivity index (χ1) is 17.0. The average Bonchev–Trinajstić information content (AvgIpc) is 3.22. The molecule has 0 spiro atoms. The fraction of sp³-hybridized carbons (Fsp3) is 0.545. The number of anilines is 3. The maximum Gasteiger partial charge on any atom is 0.408 e. The van der Waals surface area contributed by atoms with Gasteiger partial charge in [0.1, 0.15) is 17.6 Å². The Hall–Kier alpha value is -3.45. The molecule has 3 aromatic rings. The standard InChI is InChI=1S/C22H27FN8O4/c1-22(2-3-22)27-21(32)35-14-12-34-19(18(14)23)13-10-15(29-28-13)25-20-26-17(30-6-8-33-9-7-30)11-16-24-4-5-31(16)20/h4-5,10-11,14,18-19H,2-3,6-9,12H2,1H3,(H,27,32)(H2,25,26,28,29)/t14-,18-,19-/m1/s1. The lowest BCUT2D eigenvalue weighted by Crippen LogP contribution is -2.39. The molecule has 1 amide bonds. The third-order valence-electron chi connectivity index (χ3n) is 6.60. The maximum atomic E-state index is 15.1. The molecule has 2 saturated heterocycles. The monoisotopic (exact) mass is 486 g/mol. The van der Waals surface area contributed by atoms with E-state index in [0.717, 1.165) is 37.4 Å². The van der Waals surface area contributed by atoms with Gasteiger partial charge in [0.15, 0.2) is 18.1 Å². The Bertz CT molecular complexity index is 1220. The summed E-state index contributed by atoms with van der Waals surface area (Å²) >= 11 is 0. The number of ether oxygens (including phenoxy) is 3. The predicted octanol–water partition coefficient (Wildman–Crippen LogP) is 2.09. The van der Waals surface area contributed by atoms with Gasteiger partial charge in [0.05, 0.1) is 25.5 Å². The number of aromatic nitrogens is 5. The predicted molar refractivity (Wildman–Crippen MR) is 123 cm³/mol. The first-order valence-corrected chi connectivity index (χ1v) is 11.7. The molecule has 3 N–H and O–H groups in total. The van der Waals surface area contributed by atoms with Crippen LogP contribution in [0, 0.1) is 0 Å². The number of halogens is 1. The SMILES string of the molecule is CC1(NC(=O)O[C@@H]2CO[C@H](c3cc(Nc4nc(N5CCOCC5)cc5nccn45)n[nH]3)[C@@H]2F)CC1. The Morgan fingerprint density at radius 3 is 2.94 bits per heavy atom. The van der Waals surface area contributed by atoms with Crippen LogP contribution >= 0.6 is 0 Å². The van der Waals surface area contributed by atoms with E-state index < -0.39 is 24.5 Å². The highest BCUT2D eigenvalue weighted by molar-refractivity contribution is 5.69. The second-order valence-electron chi connectivity index (χ2n) is 9.35. The van der Waals surface area contributed by atoms with Gasteiger partial charge < -0.3 is 29.7 Å². The van der Waals surface area contributed by atoms with Gasteiger partial charge in [0.2, 0.25) is 5.95 Å². The number of hydrogen-bond donors (Lipinski definition) is 3. The van der Waals surface area contributed by atoms with Crippen LogP contribution < -0.4 is 15.5 Å². The second kappa shape index (κ2) is 8.64. The molecule has 5 heterocycles. The molecule has 35 heavy (non-hydrogen) atoms. The zero-order valence-corrected chi connectivity index (χ0v) is 19.2. The minimum atomic E-state index is -1.52. The summed E-state index contributed by atoms with van der Waals surface area (Å²) in [6.45, 7) is 4.67. The summed E-state index contributed by atoms with van der Waals surface area (Å²) in [5.41, 5.74) is 0.937. The van der Waals surface area contributed by atoms with Gasteiger partial charge in [-0.1, -0.05) is 0 Å². The maximum absolute atomic E-state index is 15.1. The summed E-state index contributed by atoms with van der Waals surface area (Å²) in [4.78, 5) is 23.3. The van der Waals surface area contributed by atoms with Crippen LogP contribution in [0.1, 0.15) is 31.6 Å². The number of fused-ring (bicyclic) bond motifs is 1. The molecule has 6 rings (SSSR count). The van der Waals surface area contributed by atoms with Gasteiger partial charge in [-0.3, -0.25) is 9.50 Å². The summed E-state index contributed by atoms with van der Waals surface area (Å²) < 4.78 is 33.2. The molecule has 2 aliphatic heterocycles. The van der Waals surface area contributed by atoms with Gasteiger partial charge in [-0.25, -0.2) is 14.2 Å². The van der Waals surface area contributed by atoms with E-state index >= 15 is 4.39 Å². The number of hydrogen-bond acceptors (Lipinski definition) is 9. The fourth-order valence-electron chi connectivity index (χ4n) is 4.28. The highest BCUT2D eigenvalue weighted by Crippen LogP contribution is 2.36. The summed E-state index contributed by atoms with van der Waals surface area (Å²) in [5, 5.41) is 13.0. The minimum absolute atomic E-state index is 0.0312. The van der Waals surface area contributed by atoms with Crippen LogP contribution in [-0.4, -0.2) is 81.4 Å². The van der Waals surface area contributed by atoms with Crippen LogP contribution in [0.25, 0.3) is 5.65 Å². The number of H-pyrrole nitrogens is 1. The first kappa shape index (κ1) is 22.0. The smallest absolute Gasteiger partial charge is 0.408 e. The van der Waals surface area contributed by atoms with Crippen molar-refractivity contribution in [2.24, 2.45) is 0 Å². The van der Waals surface area contributed by atoms with Crippen molar-refractivity contribution < 1.29 is 23.4 Å². The van der Waals surface area contributed by atoms with Gasteiger partial charge in [-0.2, -0.15) is 10.1 Å². The van der Waals surface area contributed by atoms with Crippen LogP contribution in [0.4, 0.5) is 26.8 Å². The topological polar surface area (TPSA) is 131 Å². The van der Waals surface area contributed by atoms with Crippen molar-refractivity contribution in [1.82, 2.24) is 29.9 Å². The molecule has 3 aliphatic rings. The lowest BCUT2D eigenvalue weighted by molar-refractivity contribution is 0.0604. The Morgan fingerprint density at radius 2 is 2.14 bits per heavy atom. The van der Waals surface area contributed by atoms with Crippen molar-refractivity contribution in [2.45, 2.75) is 43.7 Å². The van der Waals surface area contributed by atoms with E-state index in [-0.39, 0.29) is 12.1 Å². The normalized spacial score (nSPS) is 25.5. The number of carbonyl (C=O) groups is 1. The van der Waals surface area contributed by atoms with E-state index in [1.165, 1.54) is 0 Å². The molecule has 13 heteroatoms. The van der Waals surface area contributed by atoms with Crippen molar-refractivity contribution in [3.63, 3.8) is 0 Å². The van der Waals surface area contributed by atoms with E-state index in [2.05, 4.69) is 30.7 Å². The Kier molecular flexibility index (Phi) is 5.44. The highest BCUT2D eigenvalue weighted by Gasteiger charge is 2.44. The Balaban J connectivity index is 1.15. The van der Waals surface area contributed by atoms with Crippen molar-refractivity contribution >= 4 is 29.3 Å². The quantitative estimate of drug-likeness (QED) is 0.479. The third kappa shape index (κ3) is 4.48. The Morgan fingerprint density at radius 1 is 1.31 bits per heavy atom. The van der Waals surface area contributed by atoms with Crippen molar-refractivity contribution in [2.75, 3.05) is 43.1 Å². The third-order valence-corrected chi connectivity index (χ3v) is 6.60. The fourth-order valence-corrected chi connectivity index (χ4v) is 4.28. The first-order valence-electron chi connectivity index (χ1n) is 11.7. The van der Waals surface area contributed by atoms with E-state index in [1.54, 1.807) is 18.5 Å². The van der Waals surface area contributed by atoms with Crippen molar-refractivity contribution in [3.05, 3.63) is 30.2 Å². The van der Waals surface area contributed by atoms with Gasteiger partial charge in [-0.05, 0) is 19.8 Å². The molecular weight excluding hydrogens is 459 g/mol. The molecule has 0 unspecified atom stereocenters. The number of morpholine rings is 1. The van der Waals surface area contributed by atoms with Crippen LogP contribution in [0.2, 0.25) is 0 Å². The number of aromatic amines is 1. The number of alkyl carbamates (subject to hydrolysis) is 1. The van der Waals surface area contributed by atoms with Gasteiger partial charge in [0, 0.05) is 43.2 Å². The molecule has 0 bridgehead atoms. The van der Waals surface area contributed by atoms with Crippen LogP contribution in [0.3, 0.4) is 0 Å². The molecule has 0 radical (unpaired) electrons. The van der Waals surface area contributed by atoms with Crippen molar-refractivity contribution in [1.29, 1.82) is 0 Å². The minimum Gasteiger partial charge on any atom is -0.441 e. The summed E-state index contributed by atoms with van der Waals surface area (Å²) in [5.74, 6) is 1.75. The van der Waals surface area contributed by atoms with Crippen LogP contribution in [0.15, 0.2) is 24.5 Å². The molecular formula is C22H27FN8O4. The molecule has 1 aliphatic carbocycles. The van der Waals surface area contributed by atoms with Crippen molar-refractivity contribution in [3.8, 4) is 0 Å². The largest absolute Gasteiger partial charge is 0.441 e. The average molecular weight is 487 g/mol.